The number of esters is 1. The topological polar surface area (TPSA) is 103 Å². The van der Waals surface area contributed by atoms with Gasteiger partial charge in [-0.05, 0) is 57.5 Å². The second-order valence-corrected chi connectivity index (χ2v) is 11.3. The molecule has 0 saturated carbocycles. The molecule has 1 fully saturated rings. The Balaban J connectivity index is 1.65. The molecule has 0 spiro atoms. The van der Waals surface area contributed by atoms with Crippen molar-refractivity contribution >= 4 is 18.0 Å². The Kier molecular flexibility index (Phi) is 9.90. The largest absolute Gasteiger partial charge is 0.463 e. The highest BCUT2D eigenvalue weighted by Crippen LogP contribution is 2.34. The summed E-state index contributed by atoms with van der Waals surface area (Å²) in [5.74, 6) is 0.761. The highest BCUT2D eigenvalue weighted by Gasteiger charge is 2.39. The summed E-state index contributed by atoms with van der Waals surface area (Å²) in [6, 6.07) is 15.6. The predicted octanol–water partition coefficient (Wildman–Crippen LogP) is 4.67. The lowest BCUT2D eigenvalue weighted by Crippen LogP contribution is -2.56. The molecule has 42 heavy (non-hydrogen) atoms. The minimum absolute atomic E-state index is 0.100. The van der Waals surface area contributed by atoms with Gasteiger partial charge in [0.15, 0.2) is 0 Å². The molecule has 0 aromatic heterocycles. The van der Waals surface area contributed by atoms with E-state index in [-0.39, 0.29) is 30.8 Å². The van der Waals surface area contributed by atoms with Gasteiger partial charge in [0.1, 0.15) is 11.5 Å². The van der Waals surface area contributed by atoms with Crippen molar-refractivity contribution in [3.63, 3.8) is 0 Å². The van der Waals surface area contributed by atoms with Crippen LogP contribution in [-0.4, -0.2) is 84.1 Å². The van der Waals surface area contributed by atoms with Crippen LogP contribution in [0.1, 0.15) is 39.3 Å². The van der Waals surface area contributed by atoms with Gasteiger partial charge in [-0.15, -0.1) is 6.58 Å². The van der Waals surface area contributed by atoms with Gasteiger partial charge in [-0.25, -0.2) is 14.4 Å². The number of hydrogen-bond acceptors (Lipinski definition) is 6. The van der Waals surface area contributed by atoms with Crippen LogP contribution in [0.5, 0.6) is 11.5 Å². The number of para-hydroxylation sites is 1. The van der Waals surface area contributed by atoms with Crippen molar-refractivity contribution in [1.29, 1.82) is 0 Å². The third kappa shape index (κ3) is 7.70. The van der Waals surface area contributed by atoms with Crippen LogP contribution < -0.4 is 15.4 Å². The number of rotatable bonds is 9. The fourth-order valence-corrected chi connectivity index (χ4v) is 5.00. The first kappa shape index (κ1) is 30.6. The fraction of sp³-hybridized carbons (Fsp3) is 0.406. The van der Waals surface area contributed by atoms with E-state index in [4.69, 9.17) is 9.47 Å². The van der Waals surface area contributed by atoms with Crippen LogP contribution in [-0.2, 0) is 9.53 Å². The van der Waals surface area contributed by atoms with Gasteiger partial charge >= 0.3 is 18.0 Å². The summed E-state index contributed by atoms with van der Waals surface area (Å²) in [5, 5.41) is 6.01. The Morgan fingerprint density at radius 1 is 1.05 bits per heavy atom. The van der Waals surface area contributed by atoms with E-state index in [1.807, 2.05) is 75.4 Å². The molecule has 2 aliphatic rings. The maximum atomic E-state index is 13.5. The molecular formula is C32H41N5O5. The van der Waals surface area contributed by atoms with E-state index in [0.29, 0.717) is 61.1 Å². The van der Waals surface area contributed by atoms with Crippen molar-refractivity contribution in [2.75, 3.05) is 45.9 Å². The van der Waals surface area contributed by atoms with Crippen LogP contribution in [0.4, 0.5) is 9.59 Å². The molecule has 1 unspecified atom stereocenters. The number of piperazine rings is 1. The Morgan fingerprint density at radius 2 is 1.74 bits per heavy atom. The molecule has 4 amide bonds. The minimum atomic E-state index is -0.745. The van der Waals surface area contributed by atoms with Crippen molar-refractivity contribution in [1.82, 2.24) is 25.3 Å². The first-order valence-electron chi connectivity index (χ1n) is 14.3. The molecule has 4 rings (SSSR count). The zero-order valence-corrected chi connectivity index (χ0v) is 24.9. The van der Waals surface area contributed by atoms with Gasteiger partial charge in [-0.2, -0.15) is 0 Å². The van der Waals surface area contributed by atoms with Crippen molar-refractivity contribution in [2.45, 2.75) is 39.3 Å². The second kappa shape index (κ2) is 13.6. The summed E-state index contributed by atoms with van der Waals surface area (Å²) in [6.45, 7) is 14.4. The zero-order chi connectivity index (χ0) is 30.3. The van der Waals surface area contributed by atoms with E-state index in [1.54, 1.807) is 22.8 Å². The Bertz CT molecular complexity index is 1310. The Morgan fingerprint density at radius 3 is 2.38 bits per heavy atom. The molecule has 2 aliphatic heterocycles. The van der Waals surface area contributed by atoms with Gasteiger partial charge in [0.2, 0.25) is 0 Å². The maximum Gasteiger partial charge on any atom is 0.338 e. The average molecular weight is 576 g/mol. The molecule has 2 aromatic rings. The number of urea groups is 2. The standard InChI is InChI=1S/C32H41N5O5/c1-6-16-37-26(22-35-17-19-36(20-18-35)31(40)34-32(3,4)5)27(29(38)41-7-2)28(33-30(37)39)23-12-11-15-25(21-23)42-24-13-9-8-10-14-24/h6,8-15,21,28H,1,7,16-20,22H2,2-5H3,(H,33,39)(H,34,40). The van der Waals surface area contributed by atoms with E-state index in [2.05, 4.69) is 22.1 Å². The average Bonchev–Trinajstić information content (AvgIpc) is 2.95. The van der Waals surface area contributed by atoms with E-state index in [9.17, 15) is 14.4 Å². The molecule has 2 heterocycles. The predicted molar refractivity (Wildman–Crippen MR) is 161 cm³/mol. The molecule has 10 nitrogen and oxygen atoms in total. The van der Waals surface area contributed by atoms with Crippen molar-refractivity contribution in [3.05, 3.63) is 84.1 Å². The zero-order valence-electron chi connectivity index (χ0n) is 24.9. The number of nitrogens with zero attached hydrogens (tertiary/aromatic N) is 3. The van der Waals surface area contributed by atoms with E-state index >= 15 is 0 Å². The van der Waals surface area contributed by atoms with Gasteiger partial charge in [-0.1, -0.05) is 36.4 Å². The van der Waals surface area contributed by atoms with Crippen LogP contribution >= 0.6 is 0 Å². The van der Waals surface area contributed by atoms with Crippen LogP contribution in [0.25, 0.3) is 0 Å². The summed E-state index contributed by atoms with van der Waals surface area (Å²) in [5.41, 5.74) is 1.29. The monoisotopic (exact) mass is 575 g/mol. The summed E-state index contributed by atoms with van der Waals surface area (Å²) in [6.07, 6.45) is 1.63. The molecule has 0 radical (unpaired) electrons. The first-order chi connectivity index (χ1) is 20.1. The number of carbonyl (C=O) groups excluding carboxylic acids is 3. The molecule has 1 saturated heterocycles. The SMILES string of the molecule is C=CCN1C(=O)NC(c2cccc(Oc3ccccc3)c2)C(C(=O)OCC)=C1CN1CCN(C(=O)NC(C)(C)C)CC1. The summed E-state index contributed by atoms with van der Waals surface area (Å²) in [7, 11) is 0. The van der Waals surface area contributed by atoms with Gasteiger partial charge in [-0.3, -0.25) is 9.80 Å². The van der Waals surface area contributed by atoms with Crippen LogP contribution in [0, 0.1) is 0 Å². The quantitative estimate of drug-likeness (QED) is 0.333. The second-order valence-electron chi connectivity index (χ2n) is 11.3. The maximum absolute atomic E-state index is 13.5. The van der Waals surface area contributed by atoms with Gasteiger partial charge in [0, 0.05) is 50.5 Å². The van der Waals surface area contributed by atoms with Gasteiger partial charge in [0.05, 0.1) is 18.2 Å². The lowest BCUT2D eigenvalue weighted by molar-refractivity contribution is -0.139. The van der Waals surface area contributed by atoms with Crippen LogP contribution in [0.3, 0.4) is 0 Å². The van der Waals surface area contributed by atoms with E-state index in [0.717, 1.165) is 0 Å². The highest BCUT2D eigenvalue weighted by molar-refractivity contribution is 5.95. The molecule has 224 valence electrons. The number of nitrogens with one attached hydrogen (secondary N) is 2. The molecule has 10 heteroatoms. The van der Waals surface area contributed by atoms with Crippen LogP contribution in [0.2, 0.25) is 0 Å². The number of ether oxygens (including phenoxy) is 2. The highest BCUT2D eigenvalue weighted by atomic mass is 16.5. The Hall–Kier alpha value is -4.31. The lowest BCUT2D eigenvalue weighted by atomic mass is 9.93. The number of carbonyl (C=O) groups is 3. The number of hydrogen-bond donors (Lipinski definition) is 2. The van der Waals surface area contributed by atoms with Crippen molar-refractivity contribution in [2.24, 2.45) is 0 Å². The minimum Gasteiger partial charge on any atom is -0.463 e. The molecule has 1 atom stereocenters. The molecule has 0 bridgehead atoms. The summed E-state index contributed by atoms with van der Waals surface area (Å²) in [4.78, 5) is 45.2. The molecule has 0 aliphatic carbocycles. The van der Waals surface area contributed by atoms with Gasteiger partial charge in [0.25, 0.3) is 0 Å². The summed E-state index contributed by atoms with van der Waals surface area (Å²) >= 11 is 0. The van der Waals surface area contributed by atoms with Gasteiger partial charge < -0.3 is 25.0 Å². The first-order valence-corrected chi connectivity index (χ1v) is 14.3. The Labute approximate surface area is 247 Å². The van der Waals surface area contributed by atoms with Crippen molar-refractivity contribution < 1.29 is 23.9 Å². The fourth-order valence-electron chi connectivity index (χ4n) is 5.00. The number of amides is 4. The molecule has 2 aromatic carbocycles. The summed E-state index contributed by atoms with van der Waals surface area (Å²) < 4.78 is 11.6. The normalized spacial score (nSPS) is 17.9. The smallest absolute Gasteiger partial charge is 0.338 e. The van der Waals surface area contributed by atoms with Crippen LogP contribution in [0.15, 0.2) is 78.5 Å². The molecule has 2 N–H and O–H groups in total. The third-order valence-electron chi connectivity index (χ3n) is 6.93. The van der Waals surface area contributed by atoms with Crippen molar-refractivity contribution in [3.8, 4) is 11.5 Å². The van der Waals surface area contributed by atoms with E-state index in [1.165, 1.54) is 0 Å². The molecular weight excluding hydrogens is 534 g/mol. The van der Waals surface area contributed by atoms with E-state index < -0.39 is 12.0 Å². The number of benzene rings is 2. The third-order valence-corrected chi connectivity index (χ3v) is 6.93. The lowest BCUT2D eigenvalue weighted by Gasteiger charge is -2.40.